The minimum Gasteiger partial charge on any atom is -0.343 e. The van der Waals surface area contributed by atoms with Gasteiger partial charge in [0, 0.05) is 17.9 Å². The zero-order valence-corrected chi connectivity index (χ0v) is 11.3. The minimum absolute atomic E-state index is 0.321. The first kappa shape index (κ1) is 13.1. The molecule has 1 fully saturated rings. The molecule has 17 heavy (non-hydrogen) atoms. The van der Waals surface area contributed by atoms with Crippen LogP contribution in [-0.4, -0.2) is 28.1 Å². The summed E-state index contributed by atoms with van der Waals surface area (Å²) in [7, 11) is 0. The largest absolute Gasteiger partial charge is 0.445 e. The van der Waals surface area contributed by atoms with Crippen molar-refractivity contribution in [2.45, 2.75) is 31.5 Å². The van der Waals surface area contributed by atoms with Crippen LogP contribution >= 0.6 is 27.3 Å². The van der Waals surface area contributed by atoms with Crippen molar-refractivity contribution in [1.82, 2.24) is 10.2 Å². The van der Waals surface area contributed by atoms with Gasteiger partial charge in [-0.2, -0.15) is 13.2 Å². The lowest BCUT2D eigenvalue weighted by Crippen LogP contribution is -2.41. The van der Waals surface area contributed by atoms with E-state index in [4.69, 9.17) is 0 Å². The summed E-state index contributed by atoms with van der Waals surface area (Å²) in [5.41, 5.74) is 0. The second-order valence-corrected chi connectivity index (χ2v) is 5.60. The van der Waals surface area contributed by atoms with Crippen LogP contribution < -0.4 is 4.90 Å². The second kappa shape index (κ2) is 5.09. The van der Waals surface area contributed by atoms with E-state index in [0.717, 1.165) is 19.3 Å². The van der Waals surface area contributed by atoms with Gasteiger partial charge in [0.1, 0.15) is 0 Å². The highest BCUT2D eigenvalue weighted by Crippen LogP contribution is 2.37. The molecule has 0 N–H and O–H groups in total. The summed E-state index contributed by atoms with van der Waals surface area (Å²) >= 11 is 3.93. The van der Waals surface area contributed by atoms with E-state index in [0.29, 0.717) is 34.4 Å². The van der Waals surface area contributed by atoms with E-state index in [1.54, 1.807) is 0 Å². The van der Waals surface area contributed by atoms with Crippen molar-refractivity contribution in [3.63, 3.8) is 0 Å². The molecule has 0 spiro atoms. The molecular weight excluding hydrogens is 319 g/mol. The molecule has 0 radical (unpaired) electrons. The van der Waals surface area contributed by atoms with Gasteiger partial charge in [0.2, 0.25) is 10.1 Å². The van der Waals surface area contributed by atoms with Gasteiger partial charge in [-0.3, -0.25) is 0 Å². The molecule has 1 aromatic heterocycles. The number of nitrogens with zero attached hydrogens (tertiary/aromatic N) is 3. The van der Waals surface area contributed by atoms with Crippen molar-refractivity contribution in [2.24, 2.45) is 0 Å². The summed E-state index contributed by atoms with van der Waals surface area (Å²) in [4.78, 5) is 1.92. The van der Waals surface area contributed by atoms with Crippen LogP contribution in [0.4, 0.5) is 18.3 Å². The van der Waals surface area contributed by atoms with Gasteiger partial charge >= 0.3 is 6.18 Å². The van der Waals surface area contributed by atoms with E-state index in [9.17, 15) is 13.2 Å². The molecule has 0 aromatic carbocycles. The van der Waals surface area contributed by atoms with E-state index >= 15 is 0 Å². The highest BCUT2D eigenvalue weighted by molar-refractivity contribution is 9.09. The Morgan fingerprint density at radius 3 is 2.47 bits per heavy atom. The third-order valence-electron chi connectivity index (χ3n) is 2.74. The van der Waals surface area contributed by atoms with E-state index < -0.39 is 11.2 Å². The van der Waals surface area contributed by atoms with Crippen LogP contribution in [-0.2, 0) is 6.18 Å². The SMILES string of the molecule is FC(F)(F)c1nnc(N(CCBr)C2CCC2)s1. The first-order valence-electron chi connectivity index (χ1n) is 5.25. The molecule has 0 aliphatic heterocycles. The standard InChI is InChI=1S/C9H11BrF3N3S/c10-4-5-16(6-2-1-3-6)8-15-14-7(17-8)9(11,12)13/h6H,1-5H2. The zero-order chi connectivity index (χ0) is 12.5. The smallest absolute Gasteiger partial charge is 0.343 e. The van der Waals surface area contributed by atoms with Crippen LogP contribution in [0.1, 0.15) is 24.3 Å². The summed E-state index contributed by atoms with van der Waals surface area (Å²) in [6.07, 6.45) is -1.22. The molecule has 3 nitrogen and oxygen atoms in total. The van der Waals surface area contributed by atoms with E-state index in [-0.39, 0.29) is 0 Å². The highest BCUT2D eigenvalue weighted by Gasteiger charge is 2.37. The van der Waals surface area contributed by atoms with Gasteiger partial charge in [-0.1, -0.05) is 27.3 Å². The van der Waals surface area contributed by atoms with Crippen LogP contribution in [0, 0.1) is 0 Å². The Labute approximate surface area is 109 Å². The van der Waals surface area contributed by atoms with Gasteiger partial charge in [0.05, 0.1) is 0 Å². The fourth-order valence-electron chi connectivity index (χ4n) is 1.67. The fourth-order valence-corrected chi connectivity index (χ4v) is 2.86. The number of halogens is 4. The minimum atomic E-state index is -4.39. The van der Waals surface area contributed by atoms with E-state index in [1.807, 2.05) is 4.90 Å². The first-order valence-corrected chi connectivity index (χ1v) is 7.19. The Hall–Kier alpha value is -0.370. The monoisotopic (exact) mass is 329 g/mol. The Morgan fingerprint density at radius 1 is 1.35 bits per heavy atom. The summed E-state index contributed by atoms with van der Waals surface area (Å²) in [6.45, 7) is 0.664. The maximum atomic E-state index is 12.4. The third-order valence-corrected chi connectivity index (χ3v) is 4.10. The molecule has 0 bridgehead atoms. The van der Waals surface area contributed by atoms with Gasteiger partial charge in [-0.25, -0.2) is 0 Å². The number of alkyl halides is 4. The number of aromatic nitrogens is 2. The number of anilines is 1. The van der Waals surface area contributed by atoms with Crippen molar-refractivity contribution < 1.29 is 13.2 Å². The summed E-state index contributed by atoms with van der Waals surface area (Å²) in [5.74, 6) is 0. The molecule has 96 valence electrons. The molecule has 2 rings (SSSR count). The number of hydrogen-bond acceptors (Lipinski definition) is 4. The van der Waals surface area contributed by atoms with Gasteiger partial charge in [-0.15, -0.1) is 10.2 Å². The lowest BCUT2D eigenvalue weighted by atomic mass is 9.92. The fraction of sp³-hybridized carbons (Fsp3) is 0.778. The van der Waals surface area contributed by atoms with Gasteiger partial charge in [0.15, 0.2) is 0 Å². The molecule has 1 aliphatic carbocycles. The van der Waals surface area contributed by atoms with Crippen LogP contribution in [0.25, 0.3) is 0 Å². The van der Waals surface area contributed by atoms with Crippen LogP contribution in [0.15, 0.2) is 0 Å². The Balaban J connectivity index is 2.15. The second-order valence-electron chi connectivity index (χ2n) is 3.85. The molecule has 0 amide bonds. The molecule has 1 aliphatic rings. The Kier molecular flexibility index (Phi) is 3.92. The van der Waals surface area contributed by atoms with E-state index in [1.165, 1.54) is 0 Å². The topological polar surface area (TPSA) is 29.0 Å². The Bertz CT molecular complexity index is 378. The quantitative estimate of drug-likeness (QED) is 0.793. The molecule has 0 unspecified atom stereocenters. The third kappa shape index (κ3) is 2.90. The maximum absolute atomic E-state index is 12.4. The average Bonchev–Trinajstić information content (AvgIpc) is 2.61. The number of hydrogen-bond donors (Lipinski definition) is 0. The zero-order valence-electron chi connectivity index (χ0n) is 8.87. The molecule has 1 heterocycles. The van der Waals surface area contributed by atoms with Crippen molar-refractivity contribution in [3.8, 4) is 0 Å². The predicted octanol–water partition coefficient (Wildman–Crippen LogP) is 3.31. The molecule has 8 heteroatoms. The average molecular weight is 330 g/mol. The lowest BCUT2D eigenvalue weighted by molar-refractivity contribution is -0.138. The molecule has 0 saturated heterocycles. The lowest BCUT2D eigenvalue weighted by Gasteiger charge is -2.36. The maximum Gasteiger partial charge on any atom is 0.445 e. The van der Waals surface area contributed by atoms with Crippen LogP contribution in [0.2, 0.25) is 0 Å². The van der Waals surface area contributed by atoms with Crippen LogP contribution in [0.3, 0.4) is 0 Å². The summed E-state index contributed by atoms with van der Waals surface area (Å²) in [5, 5.41) is 7.10. The van der Waals surface area contributed by atoms with Crippen molar-refractivity contribution in [2.75, 3.05) is 16.8 Å². The summed E-state index contributed by atoms with van der Waals surface area (Å²) < 4.78 is 37.3. The molecule has 1 aromatic rings. The highest BCUT2D eigenvalue weighted by atomic mass is 79.9. The van der Waals surface area contributed by atoms with Crippen molar-refractivity contribution in [1.29, 1.82) is 0 Å². The van der Waals surface area contributed by atoms with E-state index in [2.05, 4.69) is 26.1 Å². The number of rotatable bonds is 4. The predicted molar refractivity (Wildman–Crippen MR) is 63.7 cm³/mol. The molecule has 1 saturated carbocycles. The van der Waals surface area contributed by atoms with Gasteiger partial charge in [0.25, 0.3) is 0 Å². The molecular formula is C9H11BrF3N3S. The van der Waals surface area contributed by atoms with Crippen LogP contribution in [0.5, 0.6) is 0 Å². The Morgan fingerprint density at radius 2 is 2.06 bits per heavy atom. The van der Waals surface area contributed by atoms with Crippen molar-refractivity contribution >= 4 is 32.4 Å². The normalized spacial score (nSPS) is 16.9. The first-order chi connectivity index (χ1) is 8.02. The van der Waals surface area contributed by atoms with Gasteiger partial charge in [-0.05, 0) is 19.3 Å². The molecule has 0 atom stereocenters. The summed E-state index contributed by atoms with van der Waals surface area (Å²) in [6, 6.07) is 0.321. The van der Waals surface area contributed by atoms with Crippen molar-refractivity contribution in [3.05, 3.63) is 5.01 Å². The van der Waals surface area contributed by atoms with Gasteiger partial charge < -0.3 is 4.90 Å².